The number of hydrogen-bond acceptors (Lipinski definition) is 0. The predicted octanol–water partition coefficient (Wildman–Crippen LogP) is 0.398. The average molecular weight is 82.0 g/mol. The van der Waals surface area contributed by atoms with Gasteiger partial charge >= 0.3 is 6.29 Å². The van der Waals surface area contributed by atoms with Crippen molar-refractivity contribution in [2.45, 2.75) is 6.29 Å². The molecule has 2 radical (unpaired) electrons. The Kier molecular flexibility index (Phi) is 0.836. The summed E-state index contributed by atoms with van der Waals surface area (Å²) in [7, 11) is 0. The maximum Gasteiger partial charge on any atom is 0.539 e. The van der Waals surface area contributed by atoms with Crippen molar-refractivity contribution in [1.29, 1.82) is 0 Å². The summed E-state index contributed by atoms with van der Waals surface area (Å²) in [6.45, 7) is 0. The van der Waals surface area contributed by atoms with Crippen LogP contribution < -0.4 is 0 Å². The number of rotatable bonds is 0. The SMILES string of the molecule is [O]C([O])(F)F. The second kappa shape index (κ2) is 0.874. The Morgan fingerprint density at radius 1 is 1.20 bits per heavy atom. The van der Waals surface area contributed by atoms with E-state index < -0.39 is 6.29 Å². The molecule has 0 aromatic carbocycles. The number of alkyl halides is 2. The van der Waals surface area contributed by atoms with Crippen LogP contribution in [0.1, 0.15) is 0 Å². The molecule has 0 bridgehead atoms. The van der Waals surface area contributed by atoms with Gasteiger partial charge in [0.2, 0.25) is 0 Å². The molecule has 0 amide bonds. The van der Waals surface area contributed by atoms with E-state index in [1.165, 1.54) is 0 Å². The Morgan fingerprint density at radius 3 is 1.20 bits per heavy atom. The molecule has 0 aliphatic carbocycles. The van der Waals surface area contributed by atoms with Crippen LogP contribution in [0.2, 0.25) is 0 Å². The van der Waals surface area contributed by atoms with E-state index in [2.05, 4.69) is 0 Å². The summed E-state index contributed by atoms with van der Waals surface area (Å²) >= 11 is 0. The molecule has 4 heteroatoms. The summed E-state index contributed by atoms with van der Waals surface area (Å²) in [5.41, 5.74) is 0. The lowest BCUT2D eigenvalue weighted by atomic mass is 11.3. The van der Waals surface area contributed by atoms with Crippen molar-refractivity contribution in [2.75, 3.05) is 0 Å². The number of hydrogen-bond donors (Lipinski definition) is 0. The summed E-state index contributed by atoms with van der Waals surface area (Å²) in [5, 5.41) is 16.4. The van der Waals surface area contributed by atoms with E-state index in [-0.39, 0.29) is 0 Å². The van der Waals surface area contributed by atoms with E-state index in [0.29, 0.717) is 0 Å². The van der Waals surface area contributed by atoms with Gasteiger partial charge in [0.15, 0.2) is 0 Å². The van der Waals surface area contributed by atoms with Crippen molar-refractivity contribution in [3.8, 4) is 0 Å². The van der Waals surface area contributed by atoms with Gasteiger partial charge in [-0.1, -0.05) is 0 Å². The highest BCUT2D eigenvalue weighted by Gasteiger charge is 2.23. The molecule has 0 N–H and O–H groups in total. The fraction of sp³-hybridized carbons (Fsp3) is 1.00. The lowest BCUT2D eigenvalue weighted by molar-refractivity contribution is -0.408. The molecule has 0 aromatic rings. The van der Waals surface area contributed by atoms with E-state index in [1.807, 2.05) is 0 Å². The van der Waals surface area contributed by atoms with Crippen LogP contribution in [0.5, 0.6) is 0 Å². The minimum Gasteiger partial charge on any atom is -0.144 e. The predicted molar refractivity (Wildman–Crippen MR) is 6.32 cm³/mol. The Morgan fingerprint density at radius 2 is 1.20 bits per heavy atom. The quantitative estimate of drug-likeness (QED) is 0.379. The van der Waals surface area contributed by atoms with Gasteiger partial charge in [0, 0.05) is 0 Å². The molecule has 0 atom stereocenters. The molecule has 2 nitrogen and oxygen atoms in total. The Labute approximate surface area is 26.7 Å². The maximum atomic E-state index is 9.91. The van der Waals surface area contributed by atoms with Gasteiger partial charge in [-0.2, -0.15) is 0 Å². The van der Waals surface area contributed by atoms with Crippen LogP contribution in [0.15, 0.2) is 0 Å². The minimum absolute atomic E-state index is 5.00. The summed E-state index contributed by atoms with van der Waals surface area (Å²) in [6, 6.07) is 0. The lowest BCUT2D eigenvalue weighted by Gasteiger charge is -1.82. The molecule has 5 heavy (non-hydrogen) atoms. The highest BCUT2D eigenvalue weighted by atomic mass is 19.3. The molecule has 0 heterocycles. The van der Waals surface area contributed by atoms with Crippen LogP contribution in [0.25, 0.3) is 0 Å². The zero-order valence-electron chi connectivity index (χ0n) is 2.07. The van der Waals surface area contributed by atoms with Gasteiger partial charge in [-0.05, 0) is 0 Å². The Balaban J connectivity index is 3.02. The van der Waals surface area contributed by atoms with E-state index in [1.54, 1.807) is 0 Å². The Bertz CT molecular complexity index is 23.1. The van der Waals surface area contributed by atoms with Crippen molar-refractivity contribution in [1.82, 2.24) is 0 Å². The van der Waals surface area contributed by atoms with Crippen molar-refractivity contribution < 1.29 is 19.0 Å². The minimum atomic E-state index is -5.00. The smallest absolute Gasteiger partial charge is 0.144 e. The van der Waals surface area contributed by atoms with E-state index in [9.17, 15) is 8.78 Å². The fourth-order valence-electron chi connectivity index (χ4n) is 0. The monoisotopic (exact) mass is 82.0 g/mol. The molecule has 0 spiro atoms. The van der Waals surface area contributed by atoms with Crippen molar-refractivity contribution in [3.05, 3.63) is 0 Å². The molecule has 0 aliphatic rings. The first-order valence-electron chi connectivity index (χ1n) is 0.786. The lowest BCUT2D eigenvalue weighted by Crippen LogP contribution is -2.05. The first kappa shape index (κ1) is 4.78. The van der Waals surface area contributed by atoms with E-state index >= 15 is 0 Å². The van der Waals surface area contributed by atoms with Crippen LogP contribution >= 0.6 is 0 Å². The van der Waals surface area contributed by atoms with E-state index in [4.69, 9.17) is 10.2 Å². The van der Waals surface area contributed by atoms with Crippen LogP contribution in [0.4, 0.5) is 8.78 Å². The Hall–Kier alpha value is -0.220. The normalized spacial score (nSPS) is 12.0. The molecule has 0 rings (SSSR count). The van der Waals surface area contributed by atoms with Crippen LogP contribution in [0.3, 0.4) is 0 Å². The highest BCUT2D eigenvalue weighted by molar-refractivity contribution is 4.02. The second-order valence-corrected chi connectivity index (χ2v) is 0.463. The van der Waals surface area contributed by atoms with Crippen LogP contribution in [0, 0.1) is 0 Å². The third kappa shape index (κ3) is 247. The summed E-state index contributed by atoms with van der Waals surface area (Å²) in [5.74, 6) is 0. The summed E-state index contributed by atoms with van der Waals surface area (Å²) < 4.78 is 19.8. The second-order valence-electron chi connectivity index (χ2n) is 0.463. The molecule has 0 fully saturated rings. The maximum absolute atomic E-state index is 9.91. The third-order valence-corrected chi connectivity index (χ3v) is 0. The molecule has 0 saturated carbocycles. The molecule has 0 aromatic heterocycles. The topological polar surface area (TPSA) is 39.8 Å². The average Bonchev–Trinajstić information content (AvgIpc) is 0.722. The van der Waals surface area contributed by atoms with Gasteiger partial charge in [0.1, 0.15) is 0 Å². The number of halogens is 2. The van der Waals surface area contributed by atoms with Crippen molar-refractivity contribution >= 4 is 0 Å². The molecular weight excluding hydrogens is 82.0 g/mol. The molecule has 0 saturated heterocycles. The molecule has 0 unspecified atom stereocenters. The third-order valence-electron chi connectivity index (χ3n) is 0. The summed E-state index contributed by atoms with van der Waals surface area (Å²) in [4.78, 5) is 0. The molecular formula is CF2O2. The van der Waals surface area contributed by atoms with Gasteiger partial charge in [0.05, 0.1) is 0 Å². The van der Waals surface area contributed by atoms with Gasteiger partial charge in [-0.25, -0.2) is 0 Å². The van der Waals surface area contributed by atoms with E-state index in [0.717, 1.165) is 0 Å². The zero-order valence-corrected chi connectivity index (χ0v) is 2.07. The first-order valence-corrected chi connectivity index (χ1v) is 0.786. The van der Waals surface area contributed by atoms with Crippen LogP contribution in [-0.2, 0) is 10.2 Å². The fourth-order valence-corrected chi connectivity index (χ4v) is 0. The van der Waals surface area contributed by atoms with Gasteiger partial charge in [0.25, 0.3) is 0 Å². The van der Waals surface area contributed by atoms with Crippen molar-refractivity contribution in [3.63, 3.8) is 0 Å². The largest absolute Gasteiger partial charge is 0.539 e. The standard InChI is InChI=1S/CF2O2/c2-1(3,4)5. The van der Waals surface area contributed by atoms with Crippen LogP contribution in [-0.4, -0.2) is 6.29 Å². The highest BCUT2D eigenvalue weighted by Crippen LogP contribution is 2.00. The first-order chi connectivity index (χ1) is 2.00. The molecule has 30 valence electrons. The van der Waals surface area contributed by atoms with Gasteiger partial charge < -0.3 is 0 Å². The summed E-state index contributed by atoms with van der Waals surface area (Å²) in [6.07, 6.45) is -5.00. The van der Waals surface area contributed by atoms with Gasteiger partial charge in [-0.15, -0.1) is 19.0 Å². The van der Waals surface area contributed by atoms with Gasteiger partial charge in [-0.3, -0.25) is 0 Å². The molecule has 0 aliphatic heterocycles. The zero-order chi connectivity index (χ0) is 4.50. The van der Waals surface area contributed by atoms with Crippen molar-refractivity contribution in [2.24, 2.45) is 0 Å².